The summed E-state index contributed by atoms with van der Waals surface area (Å²) in [7, 11) is 4.43. The predicted molar refractivity (Wildman–Crippen MR) is 126 cm³/mol. The van der Waals surface area contributed by atoms with Gasteiger partial charge in [0.05, 0.1) is 0 Å². The summed E-state index contributed by atoms with van der Waals surface area (Å²) in [6.45, 7) is 16.8. The van der Waals surface area contributed by atoms with Crippen molar-refractivity contribution in [1.82, 2.24) is 9.80 Å². The molecule has 0 unspecified atom stereocenters. The molecule has 0 spiro atoms. The topological polar surface area (TPSA) is 81.1 Å². The molecule has 0 bridgehead atoms. The third kappa shape index (κ3) is 58.4. The van der Waals surface area contributed by atoms with E-state index < -0.39 is 11.9 Å². The lowest BCUT2D eigenvalue weighted by atomic mass is 10.3. The average Bonchev–Trinajstić information content (AvgIpc) is 2.67. The average molecular weight is 421 g/mol. The van der Waals surface area contributed by atoms with E-state index in [1.165, 1.54) is 77.5 Å². The van der Waals surface area contributed by atoms with Crippen molar-refractivity contribution in [2.24, 2.45) is 0 Å². The Morgan fingerprint density at radius 1 is 0.621 bits per heavy atom. The summed E-state index contributed by atoms with van der Waals surface area (Å²) < 4.78 is 0. The fraction of sp³-hybridized carbons (Fsp3) is 0.913. The zero-order valence-electron chi connectivity index (χ0n) is 20.8. The first-order chi connectivity index (χ1) is 13.6. The largest absolute Gasteiger partial charge is 0.481 e. The van der Waals surface area contributed by atoms with Crippen molar-refractivity contribution in [1.29, 1.82) is 0 Å². The van der Waals surface area contributed by atoms with Gasteiger partial charge in [0.1, 0.15) is 0 Å². The van der Waals surface area contributed by atoms with Crippen LogP contribution < -0.4 is 0 Å². The second-order valence-corrected chi connectivity index (χ2v) is 7.29. The van der Waals surface area contributed by atoms with Gasteiger partial charge in [0.2, 0.25) is 0 Å². The Kier molecular flexibility index (Phi) is 38.4. The number of aliphatic carboxylic acids is 2. The molecule has 178 valence electrons. The van der Waals surface area contributed by atoms with E-state index in [0.29, 0.717) is 0 Å². The zero-order chi connectivity index (χ0) is 23.5. The van der Waals surface area contributed by atoms with Crippen molar-refractivity contribution in [3.8, 4) is 0 Å². The van der Waals surface area contributed by atoms with Crippen LogP contribution in [0.2, 0.25) is 0 Å². The van der Waals surface area contributed by atoms with Gasteiger partial charge in [-0.1, -0.05) is 60.3 Å². The van der Waals surface area contributed by atoms with E-state index in [2.05, 4.69) is 51.6 Å². The van der Waals surface area contributed by atoms with Crippen LogP contribution in [-0.4, -0.2) is 72.2 Å². The maximum Gasteiger partial charge on any atom is 0.303 e. The fourth-order valence-corrected chi connectivity index (χ4v) is 1.94. The van der Waals surface area contributed by atoms with Gasteiger partial charge in [0, 0.05) is 13.3 Å². The molecule has 0 aromatic heterocycles. The van der Waals surface area contributed by atoms with Crippen molar-refractivity contribution < 1.29 is 19.8 Å². The minimum atomic E-state index is -0.833. The van der Waals surface area contributed by atoms with E-state index >= 15 is 0 Å². The van der Waals surface area contributed by atoms with Gasteiger partial charge in [-0.05, 0) is 66.0 Å². The molecular formula is C23H52N2O4. The monoisotopic (exact) mass is 420 g/mol. The van der Waals surface area contributed by atoms with E-state index in [0.717, 1.165) is 6.92 Å². The maximum atomic E-state index is 9.37. The molecule has 0 radical (unpaired) electrons. The van der Waals surface area contributed by atoms with Crippen molar-refractivity contribution in [3.05, 3.63) is 0 Å². The van der Waals surface area contributed by atoms with Crippen LogP contribution in [0.25, 0.3) is 0 Å². The zero-order valence-corrected chi connectivity index (χ0v) is 20.8. The molecule has 0 amide bonds. The maximum absolute atomic E-state index is 9.37. The number of hydrogen-bond acceptors (Lipinski definition) is 4. The molecule has 0 rings (SSSR count). The van der Waals surface area contributed by atoms with Gasteiger partial charge < -0.3 is 20.0 Å². The highest BCUT2D eigenvalue weighted by Crippen LogP contribution is 1.95. The fourth-order valence-electron chi connectivity index (χ4n) is 1.94. The van der Waals surface area contributed by atoms with E-state index in [1.807, 2.05) is 0 Å². The van der Waals surface area contributed by atoms with Crippen LogP contribution in [0.5, 0.6) is 0 Å². The Morgan fingerprint density at radius 2 is 0.793 bits per heavy atom. The number of carboxylic acids is 2. The first-order valence-electron chi connectivity index (χ1n) is 11.4. The molecule has 0 saturated heterocycles. The summed E-state index contributed by atoms with van der Waals surface area (Å²) in [4.78, 5) is 23.2. The molecule has 29 heavy (non-hydrogen) atoms. The van der Waals surface area contributed by atoms with Crippen LogP contribution in [0.1, 0.15) is 99.3 Å². The Morgan fingerprint density at radius 3 is 0.897 bits per heavy atom. The molecule has 0 aliphatic rings. The lowest BCUT2D eigenvalue weighted by molar-refractivity contribution is -0.137. The van der Waals surface area contributed by atoms with Gasteiger partial charge in [-0.15, -0.1) is 0 Å². The number of unbranched alkanes of at least 4 members (excludes halogenated alkanes) is 4. The minimum Gasteiger partial charge on any atom is -0.481 e. The lowest BCUT2D eigenvalue weighted by Gasteiger charge is -2.14. The molecule has 6 nitrogen and oxygen atoms in total. The number of hydrogen-bond donors (Lipinski definition) is 2. The molecule has 0 fully saturated rings. The highest BCUT2D eigenvalue weighted by molar-refractivity contribution is 5.66. The van der Waals surface area contributed by atoms with Gasteiger partial charge in [-0.2, -0.15) is 0 Å². The highest BCUT2D eigenvalue weighted by Gasteiger charge is 1.94. The van der Waals surface area contributed by atoms with Crippen molar-refractivity contribution in [2.45, 2.75) is 99.3 Å². The van der Waals surface area contributed by atoms with E-state index in [4.69, 9.17) is 15.0 Å². The normalized spacial score (nSPS) is 9.59. The molecule has 0 aliphatic heterocycles. The number of rotatable bonds is 13. The van der Waals surface area contributed by atoms with Crippen molar-refractivity contribution in [2.75, 3.05) is 40.3 Å². The Balaban J connectivity index is -0.000000154. The number of carbonyl (C=O) groups is 2. The van der Waals surface area contributed by atoms with Crippen molar-refractivity contribution in [3.63, 3.8) is 0 Å². The Labute approximate surface area is 181 Å². The summed E-state index contributed by atoms with van der Waals surface area (Å²) in [5.41, 5.74) is 0. The standard InChI is InChI=1S/2C9H21N.C3H6O2.C2H4O2/c2*1-4-6-8-10(3)9-7-5-2;1-2-3(4)5;1-2(3)4/h2*4-9H2,1-3H3;2H2,1H3,(H,4,5);1H3,(H,3,4). The van der Waals surface area contributed by atoms with E-state index in [1.54, 1.807) is 6.92 Å². The van der Waals surface area contributed by atoms with E-state index in [9.17, 15) is 4.79 Å². The van der Waals surface area contributed by atoms with Crippen LogP contribution in [-0.2, 0) is 9.59 Å². The quantitative estimate of drug-likeness (QED) is 0.403. The number of carboxylic acid groups (broad SMARTS) is 2. The summed E-state index contributed by atoms with van der Waals surface area (Å²) in [5, 5.41) is 15.1. The van der Waals surface area contributed by atoms with Gasteiger partial charge in [0.25, 0.3) is 5.97 Å². The van der Waals surface area contributed by atoms with Crippen LogP contribution in [0.3, 0.4) is 0 Å². The third-order valence-electron chi connectivity index (χ3n) is 3.88. The predicted octanol–water partition coefficient (Wildman–Crippen LogP) is 5.61. The minimum absolute atomic E-state index is 0.222. The van der Waals surface area contributed by atoms with Gasteiger partial charge in [-0.3, -0.25) is 9.59 Å². The Hall–Kier alpha value is -1.14. The summed E-state index contributed by atoms with van der Waals surface area (Å²) in [6, 6.07) is 0. The molecule has 6 heteroatoms. The van der Waals surface area contributed by atoms with Crippen LogP contribution in [0.15, 0.2) is 0 Å². The molecule has 2 N–H and O–H groups in total. The third-order valence-corrected chi connectivity index (χ3v) is 3.88. The summed E-state index contributed by atoms with van der Waals surface area (Å²) in [6.07, 6.45) is 10.9. The van der Waals surface area contributed by atoms with E-state index in [-0.39, 0.29) is 6.42 Å². The number of nitrogens with zero attached hydrogens (tertiary/aromatic N) is 2. The van der Waals surface area contributed by atoms with Crippen LogP contribution >= 0.6 is 0 Å². The molecule has 0 atom stereocenters. The van der Waals surface area contributed by atoms with Crippen molar-refractivity contribution >= 4 is 11.9 Å². The van der Waals surface area contributed by atoms with Gasteiger partial charge in [0.15, 0.2) is 0 Å². The smallest absolute Gasteiger partial charge is 0.303 e. The highest BCUT2D eigenvalue weighted by atomic mass is 16.4. The molecule has 0 heterocycles. The second-order valence-electron chi connectivity index (χ2n) is 7.29. The van der Waals surface area contributed by atoms with Crippen LogP contribution in [0, 0.1) is 0 Å². The summed E-state index contributed by atoms with van der Waals surface area (Å²) >= 11 is 0. The van der Waals surface area contributed by atoms with Gasteiger partial charge in [-0.25, -0.2) is 0 Å². The molecule has 0 aromatic rings. The molecule has 0 aromatic carbocycles. The lowest BCUT2D eigenvalue weighted by Crippen LogP contribution is -2.20. The Bertz CT molecular complexity index is 288. The van der Waals surface area contributed by atoms with Crippen LogP contribution in [0.4, 0.5) is 0 Å². The second kappa shape index (κ2) is 31.6. The first-order valence-corrected chi connectivity index (χ1v) is 11.4. The molecular weight excluding hydrogens is 368 g/mol. The molecule has 0 saturated carbocycles. The summed E-state index contributed by atoms with van der Waals surface area (Å²) in [5.74, 6) is -1.58. The first kappa shape index (κ1) is 35.3. The SMILES string of the molecule is CC(=O)O.CCC(=O)O.CCCCN(C)CCCC.CCCCN(C)CCCC. The van der Waals surface area contributed by atoms with Gasteiger partial charge >= 0.3 is 5.97 Å². The molecule has 0 aliphatic carbocycles.